The summed E-state index contributed by atoms with van der Waals surface area (Å²) in [4.78, 5) is 45.4. The maximum Gasteiger partial charge on any atom is 0.338 e. The SMILES string of the molecule is CCOC(=O)C1=C(CN2CCCN(C(=O)c3ccc(OC)cc3)CC2)N(CC)C(=O)NC1c1ccc(C)cc1. The molecule has 1 saturated heterocycles. The summed E-state index contributed by atoms with van der Waals surface area (Å²) in [5, 5.41) is 3.02. The zero-order valence-corrected chi connectivity index (χ0v) is 23.2. The molecule has 208 valence electrons. The Morgan fingerprint density at radius 2 is 1.69 bits per heavy atom. The van der Waals surface area contributed by atoms with Gasteiger partial charge in [-0.15, -0.1) is 0 Å². The number of carbonyl (C=O) groups excluding carboxylic acids is 3. The van der Waals surface area contributed by atoms with E-state index in [0.717, 1.165) is 24.1 Å². The number of nitrogens with one attached hydrogen (secondary N) is 1. The third kappa shape index (κ3) is 6.42. The Kier molecular flexibility index (Phi) is 9.24. The minimum atomic E-state index is -0.602. The number of hydrogen-bond acceptors (Lipinski definition) is 6. The summed E-state index contributed by atoms with van der Waals surface area (Å²) in [7, 11) is 1.60. The molecule has 9 heteroatoms. The monoisotopic (exact) mass is 534 g/mol. The normalized spacial score (nSPS) is 18.5. The fraction of sp³-hybridized carbons (Fsp3) is 0.433. The molecule has 0 bridgehead atoms. The molecule has 0 aromatic heterocycles. The molecule has 1 N–H and O–H groups in total. The van der Waals surface area contributed by atoms with Crippen molar-refractivity contribution in [2.24, 2.45) is 0 Å². The van der Waals surface area contributed by atoms with Crippen molar-refractivity contribution in [1.82, 2.24) is 20.0 Å². The van der Waals surface area contributed by atoms with Crippen LogP contribution in [-0.4, -0.2) is 85.6 Å². The summed E-state index contributed by atoms with van der Waals surface area (Å²) < 4.78 is 10.7. The minimum Gasteiger partial charge on any atom is -0.497 e. The summed E-state index contributed by atoms with van der Waals surface area (Å²) in [5.74, 6) is 0.264. The highest BCUT2D eigenvalue weighted by molar-refractivity contribution is 5.95. The molecule has 1 unspecified atom stereocenters. The summed E-state index contributed by atoms with van der Waals surface area (Å²) in [5.41, 5.74) is 3.66. The van der Waals surface area contributed by atoms with Gasteiger partial charge in [-0.3, -0.25) is 14.6 Å². The third-order valence-corrected chi connectivity index (χ3v) is 7.25. The summed E-state index contributed by atoms with van der Waals surface area (Å²) >= 11 is 0. The average molecular weight is 535 g/mol. The van der Waals surface area contributed by atoms with Crippen molar-refractivity contribution in [1.29, 1.82) is 0 Å². The van der Waals surface area contributed by atoms with E-state index in [1.165, 1.54) is 0 Å². The van der Waals surface area contributed by atoms with E-state index in [4.69, 9.17) is 9.47 Å². The second-order valence-electron chi connectivity index (χ2n) is 9.77. The molecule has 3 amide bonds. The quantitative estimate of drug-likeness (QED) is 0.519. The van der Waals surface area contributed by atoms with E-state index in [2.05, 4.69) is 10.2 Å². The van der Waals surface area contributed by atoms with Crippen molar-refractivity contribution in [2.45, 2.75) is 33.2 Å². The zero-order valence-electron chi connectivity index (χ0n) is 23.2. The fourth-order valence-electron chi connectivity index (χ4n) is 5.13. The highest BCUT2D eigenvalue weighted by atomic mass is 16.5. The van der Waals surface area contributed by atoms with Gasteiger partial charge in [-0.1, -0.05) is 29.8 Å². The molecular weight excluding hydrogens is 496 g/mol. The topological polar surface area (TPSA) is 91.4 Å². The maximum absolute atomic E-state index is 13.3. The molecule has 0 aliphatic carbocycles. The number of benzene rings is 2. The number of carbonyl (C=O) groups is 3. The van der Waals surface area contributed by atoms with Gasteiger partial charge in [0.05, 0.1) is 25.3 Å². The number of amides is 3. The summed E-state index contributed by atoms with van der Waals surface area (Å²) in [6.07, 6.45) is 0.781. The van der Waals surface area contributed by atoms with Crippen molar-refractivity contribution in [2.75, 3.05) is 53.0 Å². The van der Waals surface area contributed by atoms with Crippen LogP contribution in [0.3, 0.4) is 0 Å². The number of rotatable bonds is 8. The number of hydrogen-bond donors (Lipinski definition) is 1. The lowest BCUT2D eigenvalue weighted by Gasteiger charge is -2.38. The molecule has 9 nitrogen and oxygen atoms in total. The Bertz CT molecular complexity index is 1210. The predicted molar refractivity (Wildman–Crippen MR) is 148 cm³/mol. The molecule has 2 aliphatic heterocycles. The number of nitrogens with zero attached hydrogens (tertiary/aromatic N) is 3. The molecule has 2 heterocycles. The second kappa shape index (κ2) is 12.8. The lowest BCUT2D eigenvalue weighted by molar-refractivity contribution is -0.139. The molecule has 2 aromatic rings. The number of urea groups is 1. The smallest absolute Gasteiger partial charge is 0.338 e. The van der Waals surface area contributed by atoms with Crippen LogP contribution >= 0.6 is 0 Å². The highest BCUT2D eigenvalue weighted by Crippen LogP contribution is 2.32. The zero-order chi connectivity index (χ0) is 27.9. The van der Waals surface area contributed by atoms with Crippen molar-refractivity contribution in [3.8, 4) is 5.75 Å². The molecular formula is C30H38N4O5. The van der Waals surface area contributed by atoms with Gasteiger partial charge in [-0.2, -0.15) is 0 Å². The molecule has 1 atom stereocenters. The van der Waals surface area contributed by atoms with Crippen LogP contribution in [0.1, 0.15) is 47.8 Å². The van der Waals surface area contributed by atoms with Gasteiger partial charge in [0.25, 0.3) is 5.91 Å². The van der Waals surface area contributed by atoms with Crippen LogP contribution in [0.25, 0.3) is 0 Å². The molecule has 2 aliphatic rings. The van der Waals surface area contributed by atoms with Gasteiger partial charge in [0, 0.05) is 50.5 Å². The predicted octanol–water partition coefficient (Wildman–Crippen LogP) is 3.76. The van der Waals surface area contributed by atoms with Crippen molar-refractivity contribution < 1.29 is 23.9 Å². The standard InChI is InChI=1S/C30H38N4O5/c1-5-34-25(26(29(36)39-6-2)27(31-30(34)37)22-10-8-21(3)9-11-22)20-32-16-7-17-33(19-18-32)28(35)23-12-14-24(38-4)15-13-23/h8-15,27H,5-7,16-20H2,1-4H3,(H,31,37). The first-order chi connectivity index (χ1) is 18.9. The molecule has 0 spiro atoms. The average Bonchev–Trinajstić information content (AvgIpc) is 3.18. The molecule has 39 heavy (non-hydrogen) atoms. The Balaban J connectivity index is 1.59. The number of aryl methyl sites for hydroxylation is 1. The number of esters is 1. The van der Waals surface area contributed by atoms with Gasteiger partial charge in [0.2, 0.25) is 0 Å². The second-order valence-corrected chi connectivity index (χ2v) is 9.77. The lowest BCUT2D eigenvalue weighted by atomic mass is 9.93. The van der Waals surface area contributed by atoms with Crippen LogP contribution in [0.4, 0.5) is 4.79 Å². The highest BCUT2D eigenvalue weighted by Gasteiger charge is 2.38. The molecule has 4 rings (SSSR count). The molecule has 2 aromatic carbocycles. The van der Waals surface area contributed by atoms with Gasteiger partial charge in [0.15, 0.2) is 0 Å². The molecule has 1 fully saturated rings. The van der Waals surface area contributed by atoms with Gasteiger partial charge in [0.1, 0.15) is 5.75 Å². The van der Waals surface area contributed by atoms with E-state index in [0.29, 0.717) is 55.3 Å². The Labute approximate surface area is 230 Å². The van der Waals surface area contributed by atoms with E-state index in [1.54, 1.807) is 43.2 Å². The van der Waals surface area contributed by atoms with Gasteiger partial charge in [-0.25, -0.2) is 9.59 Å². The maximum atomic E-state index is 13.3. The van der Waals surface area contributed by atoms with Crippen LogP contribution in [0.15, 0.2) is 59.8 Å². The first kappa shape index (κ1) is 28.2. The number of ether oxygens (including phenoxy) is 2. The van der Waals surface area contributed by atoms with Crippen LogP contribution in [0, 0.1) is 6.92 Å². The number of likely N-dealkylation sites (N-methyl/N-ethyl adjacent to an activating group) is 1. The van der Waals surface area contributed by atoms with Crippen molar-refractivity contribution >= 4 is 17.9 Å². The molecule has 0 saturated carbocycles. The van der Waals surface area contributed by atoms with Crippen molar-refractivity contribution in [3.05, 3.63) is 76.5 Å². The van der Waals surface area contributed by atoms with E-state index in [9.17, 15) is 14.4 Å². The van der Waals surface area contributed by atoms with E-state index < -0.39 is 12.0 Å². The van der Waals surface area contributed by atoms with Crippen LogP contribution in [-0.2, 0) is 9.53 Å². The first-order valence-electron chi connectivity index (χ1n) is 13.6. The largest absolute Gasteiger partial charge is 0.497 e. The Morgan fingerprint density at radius 1 is 0.974 bits per heavy atom. The van der Waals surface area contributed by atoms with E-state index >= 15 is 0 Å². The van der Waals surface area contributed by atoms with Gasteiger partial charge < -0.3 is 19.7 Å². The summed E-state index contributed by atoms with van der Waals surface area (Å²) in [6, 6.07) is 14.1. The van der Waals surface area contributed by atoms with E-state index in [1.807, 2.05) is 43.0 Å². The minimum absolute atomic E-state index is 0.0161. The van der Waals surface area contributed by atoms with Gasteiger partial charge in [-0.05, 0) is 57.0 Å². The number of methoxy groups -OCH3 is 1. The summed E-state index contributed by atoms with van der Waals surface area (Å²) in [6.45, 7) is 9.27. The third-order valence-electron chi connectivity index (χ3n) is 7.25. The van der Waals surface area contributed by atoms with E-state index in [-0.39, 0.29) is 18.5 Å². The van der Waals surface area contributed by atoms with Gasteiger partial charge >= 0.3 is 12.0 Å². The van der Waals surface area contributed by atoms with Crippen LogP contribution < -0.4 is 10.1 Å². The van der Waals surface area contributed by atoms with Crippen LogP contribution in [0.2, 0.25) is 0 Å². The first-order valence-corrected chi connectivity index (χ1v) is 13.6. The fourth-order valence-corrected chi connectivity index (χ4v) is 5.13. The molecule has 0 radical (unpaired) electrons. The Hall–Kier alpha value is -3.85. The Morgan fingerprint density at radius 3 is 2.33 bits per heavy atom. The van der Waals surface area contributed by atoms with Crippen molar-refractivity contribution in [3.63, 3.8) is 0 Å². The lowest BCUT2D eigenvalue weighted by Crippen LogP contribution is -2.51. The van der Waals surface area contributed by atoms with Crippen LogP contribution in [0.5, 0.6) is 5.75 Å².